The maximum Gasteiger partial charge on any atom is 0.253 e. The molecule has 4 rings (SSSR count). The van der Waals surface area contributed by atoms with Gasteiger partial charge >= 0.3 is 0 Å². The summed E-state index contributed by atoms with van der Waals surface area (Å²) in [5, 5.41) is 0. The Labute approximate surface area is 182 Å². The van der Waals surface area contributed by atoms with Crippen LogP contribution in [0.4, 0.5) is 5.69 Å². The second-order valence-corrected chi connectivity index (χ2v) is 9.00. The van der Waals surface area contributed by atoms with Crippen molar-refractivity contribution in [3.63, 3.8) is 0 Å². The van der Waals surface area contributed by atoms with Gasteiger partial charge < -0.3 is 20.1 Å². The van der Waals surface area contributed by atoms with Crippen LogP contribution in [0, 0.1) is 5.92 Å². The number of ether oxygens (including phenoxy) is 2. The van der Waals surface area contributed by atoms with E-state index in [2.05, 4.69) is 9.12 Å². The first-order chi connectivity index (χ1) is 14.9. The molecule has 2 heterocycles. The summed E-state index contributed by atoms with van der Waals surface area (Å²) >= 11 is 0. The number of methoxy groups -OCH3 is 1. The number of amidine groups is 1. The van der Waals surface area contributed by atoms with Crippen molar-refractivity contribution < 1.29 is 23.4 Å². The van der Waals surface area contributed by atoms with E-state index in [1.807, 2.05) is 17.0 Å². The molecule has 9 nitrogen and oxygen atoms in total. The van der Waals surface area contributed by atoms with Crippen molar-refractivity contribution in [3.05, 3.63) is 53.6 Å². The van der Waals surface area contributed by atoms with Crippen LogP contribution in [-0.2, 0) is 0 Å². The van der Waals surface area contributed by atoms with Crippen molar-refractivity contribution >= 4 is 28.4 Å². The van der Waals surface area contributed by atoms with Crippen LogP contribution in [-0.4, -0.2) is 52.6 Å². The number of hydrogen-bond donors (Lipinski definition) is 4. The molecule has 2 aromatic rings. The molecular formula is C21H26N4O5S. The molecule has 10 heteroatoms. The minimum absolute atomic E-state index is 0.0165. The molecule has 0 radical (unpaired) electrons. The van der Waals surface area contributed by atoms with E-state index in [-0.39, 0.29) is 17.7 Å². The zero-order valence-electron chi connectivity index (χ0n) is 17.2. The number of nitrogens with zero attached hydrogens (tertiary/aromatic N) is 2. The quantitative estimate of drug-likeness (QED) is 0.554. The molecule has 0 aliphatic carbocycles. The fraction of sp³-hybridized carbons (Fsp3) is 0.333. The molecule has 2 aliphatic rings. The third-order valence-electron chi connectivity index (χ3n) is 5.35. The number of rotatable bonds is 5. The summed E-state index contributed by atoms with van der Waals surface area (Å²) in [5.41, 5.74) is 7.52. The first kappa shape index (κ1) is 21.3. The number of nitrogens with two attached hydrogens (primary N) is 1. The van der Waals surface area contributed by atoms with Gasteiger partial charge in [-0.25, -0.2) is 0 Å². The van der Waals surface area contributed by atoms with Gasteiger partial charge in [0.2, 0.25) is 0 Å². The number of piperidine rings is 1. The molecule has 0 spiro atoms. The molecule has 2 aromatic carbocycles. The summed E-state index contributed by atoms with van der Waals surface area (Å²) in [5.74, 6) is 1.32. The lowest BCUT2D eigenvalue weighted by molar-refractivity contribution is 0.0633. The van der Waals surface area contributed by atoms with Gasteiger partial charge in [0.15, 0.2) is 5.84 Å². The van der Waals surface area contributed by atoms with Gasteiger partial charge in [0.1, 0.15) is 11.5 Å². The lowest BCUT2D eigenvalue weighted by atomic mass is 9.98. The summed E-state index contributed by atoms with van der Waals surface area (Å²) in [6.45, 7) is 1.70. The molecule has 1 unspecified atom stereocenters. The van der Waals surface area contributed by atoms with E-state index >= 15 is 0 Å². The van der Waals surface area contributed by atoms with Crippen molar-refractivity contribution in [2.24, 2.45) is 16.0 Å². The Balaban J connectivity index is 1.43. The highest BCUT2D eigenvalue weighted by Crippen LogP contribution is 2.46. The molecule has 0 bridgehead atoms. The number of carbonyl (C=O) groups excluding carboxylic acids is 1. The lowest BCUT2D eigenvalue weighted by Gasteiger charge is -2.34. The van der Waals surface area contributed by atoms with Gasteiger partial charge in [-0.2, -0.15) is 0 Å². The van der Waals surface area contributed by atoms with Gasteiger partial charge in [0.05, 0.1) is 25.0 Å². The Kier molecular flexibility index (Phi) is 5.94. The number of nitrogens with one attached hydrogen (secondary N) is 1. The van der Waals surface area contributed by atoms with Crippen molar-refractivity contribution in [3.8, 4) is 11.5 Å². The summed E-state index contributed by atoms with van der Waals surface area (Å²) in [4.78, 5) is 14.8. The Hall–Kier alpha value is -2.95. The number of likely N-dealkylation sites (tertiary alicyclic amines) is 1. The number of benzene rings is 2. The highest BCUT2D eigenvalue weighted by molar-refractivity contribution is 8.24. The van der Waals surface area contributed by atoms with Crippen molar-refractivity contribution in [1.82, 2.24) is 4.90 Å². The van der Waals surface area contributed by atoms with E-state index in [1.165, 1.54) is 0 Å². The van der Waals surface area contributed by atoms with Crippen LogP contribution in [0.3, 0.4) is 0 Å². The molecule has 0 aromatic heterocycles. The van der Waals surface area contributed by atoms with E-state index in [0.717, 1.165) is 12.8 Å². The summed E-state index contributed by atoms with van der Waals surface area (Å²) in [6.07, 6.45) is 1.84. The van der Waals surface area contributed by atoms with E-state index in [1.54, 1.807) is 37.4 Å². The van der Waals surface area contributed by atoms with Gasteiger partial charge in [-0.1, -0.05) is 12.1 Å². The fourth-order valence-electron chi connectivity index (χ4n) is 3.89. The van der Waals surface area contributed by atoms with Crippen LogP contribution in [0.25, 0.3) is 0 Å². The number of fused-ring (bicyclic) bond motifs is 1. The molecular weight excluding hydrogens is 420 g/mol. The first-order valence-electron chi connectivity index (χ1n) is 9.97. The standard InChI is InChI=1S/C21H26N4O5S/c1-29-16-7-2-6-15(11-16)21(26)25-10-4-5-14(12-25)13-30-18-9-3-8-17-19(18)20(22)24-31(27,28)23-17/h2-3,6-9,11,14,23,27-28H,4-5,10,12-13H2,1H3,(H2,22,24). The molecule has 1 amide bonds. The van der Waals surface area contributed by atoms with E-state index in [0.29, 0.717) is 48.0 Å². The van der Waals surface area contributed by atoms with Gasteiger partial charge in [-0.05, 0) is 54.1 Å². The molecule has 2 aliphatic heterocycles. The molecule has 1 fully saturated rings. The van der Waals surface area contributed by atoms with Gasteiger partial charge in [0.25, 0.3) is 5.91 Å². The Morgan fingerprint density at radius 1 is 1.32 bits per heavy atom. The monoisotopic (exact) mass is 446 g/mol. The van der Waals surface area contributed by atoms with Crippen LogP contribution in [0.1, 0.15) is 28.8 Å². The van der Waals surface area contributed by atoms with Gasteiger partial charge in [-0.15, -0.1) is 4.40 Å². The Morgan fingerprint density at radius 3 is 2.94 bits per heavy atom. The predicted octanol–water partition coefficient (Wildman–Crippen LogP) is 3.34. The Morgan fingerprint density at radius 2 is 2.13 bits per heavy atom. The number of hydrogen-bond acceptors (Lipinski definition) is 8. The average Bonchev–Trinajstić information content (AvgIpc) is 2.76. The van der Waals surface area contributed by atoms with E-state index < -0.39 is 11.0 Å². The van der Waals surface area contributed by atoms with Crippen LogP contribution in [0.15, 0.2) is 46.9 Å². The highest BCUT2D eigenvalue weighted by atomic mass is 32.3. The van der Waals surface area contributed by atoms with Crippen molar-refractivity contribution in [2.45, 2.75) is 12.8 Å². The van der Waals surface area contributed by atoms with Crippen LogP contribution in [0.5, 0.6) is 11.5 Å². The minimum atomic E-state index is -3.34. The van der Waals surface area contributed by atoms with Gasteiger partial charge in [0, 0.05) is 24.6 Å². The molecule has 1 saturated heterocycles. The second-order valence-electron chi connectivity index (χ2n) is 7.58. The normalized spacial score (nSPS) is 20.7. The molecule has 5 N–H and O–H groups in total. The Bertz CT molecular complexity index is 1010. The number of carbonyl (C=O) groups is 1. The molecule has 1 atom stereocenters. The van der Waals surface area contributed by atoms with Crippen molar-refractivity contribution in [2.75, 3.05) is 31.5 Å². The third-order valence-corrected chi connectivity index (χ3v) is 6.30. The second kappa shape index (κ2) is 8.66. The zero-order valence-corrected chi connectivity index (χ0v) is 18.0. The maximum atomic E-state index is 12.9. The van der Waals surface area contributed by atoms with E-state index in [4.69, 9.17) is 15.2 Å². The lowest BCUT2D eigenvalue weighted by Crippen LogP contribution is -2.41. The predicted molar refractivity (Wildman–Crippen MR) is 121 cm³/mol. The van der Waals surface area contributed by atoms with Crippen LogP contribution >= 0.6 is 11.0 Å². The van der Waals surface area contributed by atoms with E-state index in [9.17, 15) is 13.9 Å². The summed E-state index contributed by atoms with van der Waals surface area (Å²) in [6, 6.07) is 12.4. The van der Waals surface area contributed by atoms with Gasteiger partial charge in [-0.3, -0.25) is 18.6 Å². The minimum Gasteiger partial charge on any atom is -0.497 e. The highest BCUT2D eigenvalue weighted by Gasteiger charge is 2.28. The third kappa shape index (κ3) is 4.71. The smallest absolute Gasteiger partial charge is 0.253 e. The SMILES string of the molecule is COc1cccc(C(=O)N2CCCC(COc3cccc4c3C(N)=NS(O)(O)N4)C2)c1. The number of amides is 1. The largest absolute Gasteiger partial charge is 0.497 e. The number of anilines is 1. The molecule has 166 valence electrons. The zero-order chi connectivity index (χ0) is 22.0. The molecule has 31 heavy (non-hydrogen) atoms. The maximum absolute atomic E-state index is 12.9. The van der Waals surface area contributed by atoms with Crippen LogP contribution < -0.4 is 19.9 Å². The van der Waals surface area contributed by atoms with Crippen molar-refractivity contribution in [1.29, 1.82) is 0 Å². The topological polar surface area (TPSA) is 130 Å². The molecule has 0 saturated carbocycles. The first-order valence-corrected chi connectivity index (χ1v) is 11.5. The summed E-state index contributed by atoms with van der Waals surface area (Å²) < 4.78 is 37.2. The fourth-order valence-corrected chi connectivity index (χ4v) is 4.76. The summed E-state index contributed by atoms with van der Waals surface area (Å²) in [7, 11) is -1.76. The van der Waals surface area contributed by atoms with Crippen LogP contribution in [0.2, 0.25) is 0 Å². The average molecular weight is 447 g/mol.